The normalized spacial score (nSPS) is 17.3. The van der Waals surface area contributed by atoms with Gasteiger partial charge < -0.3 is 26.2 Å². The van der Waals surface area contributed by atoms with Crippen molar-refractivity contribution in [2.75, 3.05) is 31.3 Å². The summed E-state index contributed by atoms with van der Waals surface area (Å²) in [6, 6.07) is 0.259. The Morgan fingerprint density at radius 3 is 2.95 bits per heavy atom. The molecular formula is C13H22N4O3S. The molecule has 1 aromatic rings. The van der Waals surface area contributed by atoms with E-state index in [-0.39, 0.29) is 17.8 Å². The molecule has 1 heterocycles. The molecular weight excluding hydrogens is 292 g/mol. The predicted molar refractivity (Wildman–Crippen MR) is 82.6 cm³/mol. The van der Waals surface area contributed by atoms with Crippen molar-refractivity contribution in [1.29, 1.82) is 0 Å². The predicted octanol–water partition coefficient (Wildman–Crippen LogP) is 0.817. The molecule has 5 N–H and O–H groups in total. The highest BCUT2D eigenvalue weighted by atomic mass is 32.1. The molecule has 1 atom stereocenters. The number of nitrogens with zero attached hydrogens (tertiary/aromatic N) is 1. The molecule has 0 spiro atoms. The van der Waals surface area contributed by atoms with Crippen LogP contribution in [0.5, 0.6) is 0 Å². The van der Waals surface area contributed by atoms with Gasteiger partial charge in [-0.2, -0.15) is 4.37 Å². The van der Waals surface area contributed by atoms with E-state index >= 15 is 0 Å². The van der Waals surface area contributed by atoms with Gasteiger partial charge in [-0.3, -0.25) is 4.79 Å². The molecule has 1 aliphatic carbocycles. The first kappa shape index (κ1) is 16.0. The van der Waals surface area contributed by atoms with Crippen LogP contribution in [-0.4, -0.2) is 47.3 Å². The number of carbonyl (C=O) groups excluding carboxylic acids is 1. The SMILES string of the molecule is COCCC(C)(O)CNc1snc(N)c1C(=O)NC1CC1. The first-order valence-electron chi connectivity index (χ1n) is 6.94. The maximum absolute atomic E-state index is 12.1. The number of nitrogens with one attached hydrogen (secondary N) is 2. The second-order valence-electron chi connectivity index (χ2n) is 5.61. The Balaban J connectivity index is 1.98. The van der Waals surface area contributed by atoms with E-state index in [4.69, 9.17) is 10.5 Å². The number of aromatic nitrogens is 1. The van der Waals surface area contributed by atoms with Crippen LogP contribution in [0.1, 0.15) is 36.5 Å². The maximum atomic E-state index is 12.1. The molecule has 1 saturated carbocycles. The fraction of sp³-hybridized carbons (Fsp3) is 0.692. The van der Waals surface area contributed by atoms with Crippen molar-refractivity contribution in [1.82, 2.24) is 9.69 Å². The first-order chi connectivity index (χ1) is 9.93. The number of aliphatic hydroxyl groups is 1. The van der Waals surface area contributed by atoms with Crippen molar-refractivity contribution in [3.63, 3.8) is 0 Å². The number of rotatable bonds is 8. The van der Waals surface area contributed by atoms with Gasteiger partial charge in [0.25, 0.3) is 5.91 Å². The topological polar surface area (TPSA) is 110 Å². The zero-order chi connectivity index (χ0) is 15.5. The van der Waals surface area contributed by atoms with Gasteiger partial charge in [-0.25, -0.2) is 0 Å². The van der Waals surface area contributed by atoms with E-state index in [9.17, 15) is 9.90 Å². The number of nitrogen functional groups attached to an aromatic ring is 1. The molecule has 1 unspecified atom stereocenters. The van der Waals surface area contributed by atoms with E-state index < -0.39 is 5.60 Å². The largest absolute Gasteiger partial charge is 0.388 e. The van der Waals surface area contributed by atoms with Crippen LogP contribution >= 0.6 is 11.5 Å². The van der Waals surface area contributed by atoms with Crippen LogP contribution in [0.2, 0.25) is 0 Å². The monoisotopic (exact) mass is 314 g/mol. The third-order valence-electron chi connectivity index (χ3n) is 3.33. The average Bonchev–Trinajstić information content (AvgIpc) is 3.15. The van der Waals surface area contributed by atoms with Gasteiger partial charge in [0.15, 0.2) is 5.82 Å². The summed E-state index contributed by atoms with van der Waals surface area (Å²) in [4.78, 5) is 12.1. The Morgan fingerprint density at radius 1 is 1.62 bits per heavy atom. The number of carbonyl (C=O) groups is 1. The van der Waals surface area contributed by atoms with Crippen LogP contribution in [0.25, 0.3) is 0 Å². The lowest BCUT2D eigenvalue weighted by atomic mass is 10.0. The molecule has 21 heavy (non-hydrogen) atoms. The molecule has 0 bridgehead atoms. The number of amides is 1. The third-order valence-corrected chi connectivity index (χ3v) is 4.15. The Morgan fingerprint density at radius 2 is 2.33 bits per heavy atom. The zero-order valence-electron chi connectivity index (χ0n) is 12.3. The zero-order valence-corrected chi connectivity index (χ0v) is 13.1. The van der Waals surface area contributed by atoms with Gasteiger partial charge >= 0.3 is 0 Å². The second kappa shape index (κ2) is 6.59. The molecule has 2 rings (SSSR count). The lowest BCUT2D eigenvalue weighted by molar-refractivity contribution is 0.0358. The number of nitrogens with two attached hydrogens (primary N) is 1. The van der Waals surface area contributed by atoms with Crippen molar-refractivity contribution >= 4 is 28.3 Å². The minimum absolute atomic E-state index is 0.206. The van der Waals surface area contributed by atoms with E-state index in [1.54, 1.807) is 14.0 Å². The van der Waals surface area contributed by atoms with Gasteiger partial charge in [0, 0.05) is 32.7 Å². The quantitative estimate of drug-likeness (QED) is 0.565. The Kier molecular flexibility index (Phi) is 5.02. The summed E-state index contributed by atoms with van der Waals surface area (Å²) in [6.45, 7) is 2.48. The summed E-state index contributed by atoms with van der Waals surface area (Å²) in [5, 5.41) is 16.8. The summed E-state index contributed by atoms with van der Waals surface area (Å²) >= 11 is 1.13. The first-order valence-corrected chi connectivity index (χ1v) is 7.71. The second-order valence-corrected chi connectivity index (χ2v) is 6.39. The molecule has 1 amide bonds. The number of methoxy groups -OCH3 is 1. The Labute approximate surface area is 128 Å². The molecule has 1 aromatic heterocycles. The van der Waals surface area contributed by atoms with Gasteiger partial charge in [0.2, 0.25) is 0 Å². The van der Waals surface area contributed by atoms with Gasteiger partial charge in [-0.1, -0.05) is 0 Å². The molecule has 1 fully saturated rings. The van der Waals surface area contributed by atoms with Crippen LogP contribution in [0.3, 0.4) is 0 Å². The van der Waals surface area contributed by atoms with E-state index in [0.717, 1.165) is 24.4 Å². The Bertz CT molecular complexity index is 500. The maximum Gasteiger partial charge on any atom is 0.258 e. The smallest absolute Gasteiger partial charge is 0.258 e. The molecule has 0 aliphatic heterocycles. The van der Waals surface area contributed by atoms with Gasteiger partial charge in [-0.05, 0) is 31.3 Å². The van der Waals surface area contributed by atoms with Crippen molar-refractivity contribution < 1.29 is 14.6 Å². The van der Waals surface area contributed by atoms with Crippen LogP contribution in [0.4, 0.5) is 10.8 Å². The molecule has 8 heteroatoms. The van der Waals surface area contributed by atoms with E-state index in [1.807, 2.05) is 0 Å². The minimum atomic E-state index is -0.932. The molecule has 1 aliphatic rings. The average molecular weight is 314 g/mol. The van der Waals surface area contributed by atoms with E-state index in [2.05, 4.69) is 15.0 Å². The highest BCUT2D eigenvalue weighted by molar-refractivity contribution is 7.11. The Hall–Kier alpha value is -1.38. The number of anilines is 2. The fourth-order valence-corrected chi connectivity index (χ4v) is 2.51. The number of ether oxygens (including phenoxy) is 1. The highest BCUT2D eigenvalue weighted by Crippen LogP contribution is 2.29. The molecule has 118 valence electrons. The fourth-order valence-electron chi connectivity index (χ4n) is 1.81. The van der Waals surface area contributed by atoms with Gasteiger partial charge in [0.1, 0.15) is 10.6 Å². The number of hydrogen-bond acceptors (Lipinski definition) is 7. The molecule has 0 saturated heterocycles. The summed E-state index contributed by atoms with van der Waals surface area (Å²) in [5.41, 5.74) is 5.21. The molecule has 0 radical (unpaired) electrons. The summed E-state index contributed by atoms with van der Waals surface area (Å²) in [5.74, 6) is 0.0139. The van der Waals surface area contributed by atoms with Crippen molar-refractivity contribution in [2.24, 2.45) is 0 Å². The van der Waals surface area contributed by atoms with Crippen molar-refractivity contribution in [3.05, 3.63) is 5.56 Å². The third kappa shape index (κ3) is 4.55. The van der Waals surface area contributed by atoms with Crippen molar-refractivity contribution in [3.8, 4) is 0 Å². The summed E-state index contributed by atoms with van der Waals surface area (Å²) in [6.07, 6.45) is 2.52. The van der Waals surface area contributed by atoms with Crippen LogP contribution < -0.4 is 16.4 Å². The van der Waals surface area contributed by atoms with Crippen molar-refractivity contribution in [2.45, 2.75) is 37.8 Å². The lowest BCUT2D eigenvalue weighted by Gasteiger charge is -2.23. The van der Waals surface area contributed by atoms with Crippen LogP contribution in [0, 0.1) is 0 Å². The summed E-state index contributed by atoms with van der Waals surface area (Å²) < 4.78 is 8.98. The highest BCUT2D eigenvalue weighted by Gasteiger charge is 2.28. The van der Waals surface area contributed by atoms with Crippen LogP contribution in [-0.2, 0) is 4.74 Å². The van der Waals surface area contributed by atoms with E-state index in [1.165, 1.54) is 0 Å². The van der Waals surface area contributed by atoms with Crippen LogP contribution in [0.15, 0.2) is 0 Å². The number of hydrogen-bond donors (Lipinski definition) is 4. The summed E-state index contributed by atoms with van der Waals surface area (Å²) in [7, 11) is 1.59. The van der Waals surface area contributed by atoms with E-state index in [0.29, 0.717) is 30.1 Å². The molecule has 0 aromatic carbocycles. The molecule has 7 nitrogen and oxygen atoms in total. The minimum Gasteiger partial charge on any atom is -0.388 e. The van der Waals surface area contributed by atoms with Gasteiger partial charge in [-0.15, -0.1) is 0 Å². The lowest BCUT2D eigenvalue weighted by Crippen LogP contribution is -2.35. The standard InChI is InChI=1S/C13H22N4O3S/c1-13(19,5-6-20-2)7-15-12-9(10(14)17-21-12)11(18)16-8-3-4-8/h8,15,19H,3-7H2,1-2H3,(H2,14,17)(H,16,18). The van der Waals surface area contributed by atoms with Gasteiger partial charge in [0.05, 0.1) is 5.60 Å².